The first-order valence-corrected chi connectivity index (χ1v) is 7.53. The molecule has 20 heavy (non-hydrogen) atoms. The molecule has 0 saturated carbocycles. The second-order valence-electron chi connectivity index (χ2n) is 4.47. The van der Waals surface area contributed by atoms with Crippen LogP contribution in [0, 0.1) is 5.82 Å². The second-order valence-corrected chi connectivity index (χ2v) is 6.24. The number of fused-ring (bicyclic) bond motifs is 1. The Bertz CT molecular complexity index is 785. The molecule has 0 amide bonds. The van der Waals surface area contributed by atoms with Crippen molar-refractivity contribution >= 4 is 42.8 Å². The van der Waals surface area contributed by atoms with Crippen molar-refractivity contribution in [2.75, 3.05) is 0 Å². The van der Waals surface area contributed by atoms with Crippen molar-refractivity contribution in [3.63, 3.8) is 0 Å². The van der Waals surface area contributed by atoms with Crippen LogP contribution in [0.4, 0.5) is 4.39 Å². The quantitative estimate of drug-likeness (QED) is 0.648. The maximum Gasteiger partial charge on any atom is 0.134 e. The summed E-state index contributed by atoms with van der Waals surface area (Å²) in [5.41, 5.74) is 7.78. The number of hydrogen-bond donors (Lipinski definition) is 1. The van der Waals surface area contributed by atoms with Crippen LogP contribution in [0.1, 0.15) is 17.4 Å². The van der Waals surface area contributed by atoms with Crippen molar-refractivity contribution < 1.29 is 8.81 Å². The highest BCUT2D eigenvalue weighted by Gasteiger charge is 2.17. The minimum Gasteiger partial charge on any atom is -0.459 e. The van der Waals surface area contributed by atoms with E-state index in [2.05, 4.69) is 31.9 Å². The highest BCUT2D eigenvalue weighted by Crippen LogP contribution is 2.32. The van der Waals surface area contributed by atoms with Crippen molar-refractivity contribution in [2.45, 2.75) is 6.04 Å². The van der Waals surface area contributed by atoms with Gasteiger partial charge in [-0.25, -0.2) is 4.39 Å². The van der Waals surface area contributed by atoms with Gasteiger partial charge in [0.05, 0.1) is 6.04 Å². The van der Waals surface area contributed by atoms with Crippen molar-refractivity contribution in [3.05, 3.63) is 68.6 Å². The molecule has 0 saturated heterocycles. The number of rotatable bonds is 2. The molecule has 2 nitrogen and oxygen atoms in total. The first-order chi connectivity index (χ1) is 9.54. The molecular formula is C15H10Br2FNO. The Morgan fingerprint density at radius 3 is 2.65 bits per heavy atom. The van der Waals surface area contributed by atoms with Crippen LogP contribution in [0.3, 0.4) is 0 Å². The van der Waals surface area contributed by atoms with Gasteiger partial charge in [-0.05, 0) is 48.0 Å². The van der Waals surface area contributed by atoms with E-state index in [0.717, 1.165) is 14.5 Å². The van der Waals surface area contributed by atoms with Crippen LogP contribution in [0.15, 0.2) is 55.8 Å². The van der Waals surface area contributed by atoms with Crippen molar-refractivity contribution in [1.29, 1.82) is 0 Å². The molecule has 3 aromatic rings. The minimum absolute atomic E-state index is 0.290. The van der Waals surface area contributed by atoms with E-state index in [0.29, 0.717) is 16.7 Å². The van der Waals surface area contributed by atoms with E-state index in [4.69, 9.17) is 10.2 Å². The molecule has 2 aromatic carbocycles. The van der Waals surface area contributed by atoms with Gasteiger partial charge in [0, 0.05) is 14.3 Å². The van der Waals surface area contributed by atoms with Crippen molar-refractivity contribution in [2.24, 2.45) is 5.73 Å². The van der Waals surface area contributed by atoms with Gasteiger partial charge >= 0.3 is 0 Å². The van der Waals surface area contributed by atoms with Gasteiger partial charge in [-0.3, -0.25) is 0 Å². The molecule has 0 aliphatic rings. The molecule has 3 rings (SSSR count). The minimum atomic E-state index is -0.419. The Labute approximate surface area is 132 Å². The average Bonchev–Trinajstić information content (AvgIpc) is 2.83. The highest BCUT2D eigenvalue weighted by atomic mass is 79.9. The van der Waals surface area contributed by atoms with E-state index in [-0.39, 0.29) is 5.82 Å². The lowest BCUT2D eigenvalue weighted by Gasteiger charge is -2.11. The van der Waals surface area contributed by atoms with Gasteiger partial charge in [0.1, 0.15) is 17.2 Å². The van der Waals surface area contributed by atoms with Gasteiger partial charge in [-0.2, -0.15) is 0 Å². The van der Waals surface area contributed by atoms with E-state index in [1.807, 2.05) is 18.2 Å². The Morgan fingerprint density at radius 1 is 1.05 bits per heavy atom. The third-order valence-electron chi connectivity index (χ3n) is 3.10. The highest BCUT2D eigenvalue weighted by molar-refractivity contribution is 9.11. The smallest absolute Gasteiger partial charge is 0.134 e. The average molecular weight is 399 g/mol. The first-order valence-electron chi connectivity index (χ1n) is 5.94. The van der Waals surface area contributed by atoms with Crippen molar-refractivity contribution in [1.82, 2.24) is 0 Å². The molecule has 5 heteroatoms. The van der Waals surface area contributed by atoms with Gasteiger partial charge in [0.2, 0.25) is 0 Å². The first kappa shape index (κ1) is 13.8. The van der Waals surface area contributed by atoms with Crippen LogP contribution < -0.4 is 5.73 Å². The summed E-state index contributed by atoms with van der Waals surface area (Å²) >= 11 is 6.91. The number of hydrogen-bond acceptors (Lipinski definition) is 2. The van der Waals surface area contributed by atoms with Crippen LogP contribution in [0.2, 0.25) is 0 Å². The molecule has 0 bridgehead atoms. The zero-order valence-electron chi connectivity index (χ0n) is 10.2. The van der Waals surface area contributed by atoms with Gasteiger partial charge in [-0.15, -0.1) is 0 Å². The largest absolute Gasteiger partial charge is 0.459 e. The summed E-state index contributed by atoms with van der Waals surface area (Å²) in [6, 6.07) is 11.5. The number of nitrogens with two attached hydrogens (primary N) is 1. The Hall–Kier alpha value is -1.17. The Kier molecular flexibility index (Phi) is 3.67. The van der Waals surface area contributed by atoms with E-state index in [1.54, 1.807) is 12.1 Å². The van der Waals surface area contributed by atoms with Gasteiger partial charge in [0.25, 0.3) is 0 Å². The standard InChI is InChI=1S/C15H10Br2FNO/c16-9-1-3-12(17)11(7-9)15(19)14-6-8-5-10(18)2-4-13(8)20-14/h1-7,15H,19H2. The summed E-state index contributed by atoms with van der Waals surface area (Å²) in [6.07, 6.45) is 0. The monoisotopic (exact) mass is 397 g/mol. The lowest BCUT2D eigenvalue weighted by Crippen LogP contribution is -2.11. The van der Waals surface area contributed by atoms with Gasteiger partial charge in [0.15, 0.2) is 0 Å². The van der Waals surface area contributed by atoms with Gasteiger partial charge < -0.3 is 10.2 Å². The summed E-state index contributed by atoms with van der Waals surface area (Å²) in [6.45, 7) is 0. The van der Waals surface area contributed by atoms with E-state index < -0.39 is 6.04 Å². The molecule has 1 heterocycles. The topological polar surface area (TPSA) is 39.2 Å². The zero-order chi connectivity index (χ0) is 14.3. The maximum atomic E-state index is 13.2. The Balaban J connectivity index is 2.07. The molecule has 1 atom stereocenters. The fourth-order valence-electron chi connectivity index (χ4n) is 2.09. The third kappa shape index (κ3) is 2.53. The van der Waals surface area contributed by atoms with Gasteiger partial charge in [-0.1, -0.05) is 31.9 Å². The predicted octanol–water partition coefficient (Wildman–Crippen LogP) is 5.15. The molecule has 2 N–H and O–H groups in total. The molecule has 0 radical (unpaired) electrons. The van der Waals surface area contributed by atoms with E-state index >= 15 is 0 Å². The van der Waals surface area contributed by atoms with E-state index in [1.165, 1.54) is 12.1 Å². The summed E-state index contributed by atoms with van der Waals surface area (Å²) in [4.78, 5) is 0. The number of benzene rings is 2. The lowest BCUT2D eigenvalue weighted by molar-refractivity contribution is 0.524. The predicted molar refractivity (Wildman–Crippen MR) is 84.0 cm³/mol. The molecule has 0 aliphatic carbocycles. The normalized spacial score (nSPS) is 12.8. The fraction of sp³-hybridized carbons (Fsp3) is 0.0667. The third-order valence-corrected chi connectivity index (χ3v) is 4.31. The van der Waals surface area contributed by atoms with Crippen molar-refractivity contribution in [3.8, 4) is 0 Å². The van der Waals surface area contributed by atoms with Crippen LogP contribution >= 0.6 is 31.9 Å². The fourth-order valence-corrected chi connectivity index (χ4v) is 2.97. The molecule has 0 fully saturated rings. The Morgan fingerprint density at radius 2 is 1.85 bits per heavy atom. The van der Waals surface area contributed by atoms with E-state index in [9.17, 15) is 4.39 Å². The summed E-state index contributed by atoms with van der Waals surface area (Å²) < 4.78 is 20.7. The lowest BCUT2D eigenvalue weighted by atomic mass is 10.1. The molecule has 102 valence electrons. The molecular weight excluding hydrogens is 389 g/mol. The molecule has 1 unspecified atom stereocenters. The van der Waals surface area contributed by atoms with Crippen LogP contribution in [0.25, 0.3) is 11.0 Å². The zero-order valence-corrected chi connectivity index (χ0v) is 13.4. The molecule has 0 spiro atoms. The summed E-state index contributed by atoms with van der Waals surface area (Å²) in [7, 11) is 0. The van der Waals surface area contributed by atoms with Crippen LogP contribution in [-0.2, 0) is 0 Å². The molecule has 0 aliphatic heterocycles. The maximum absolute atomic E-state index is 13.2. The van der Waals surface area contributed by atoms with Crippen LogP contribution in [0.5, 0.6) is 0 Å². The van der Waals surface area contributed by atoms with Crippen LogP contribution in [-0.4, -0.2) is 0 Å². The summed E-state index contributed by atoms with van der Waals surface area (Å²) in [5.74, 6) is 0.312. The number of halogens is 3. The summed E-state index contributed by atoms with van der Waals surface area (Å²) in [5, 5.41) is 0.710. The SMILES string of the molecule is NC(c1cc2cc(F)ccc2o1)c1cc(Br)ccc1Br. The number of furan rings is 1. The molecule has 1 aromatic heterocycles. The second kappa shape index (κ2) is 5.31.